The van der Waals surface area contributed by atoms with Gasteiger partial charge in [-0.15, -0.1) is 11.3 Å². The van der Waals surface area contributed by atoms with Crippen LogP contribution in [0.3, 0.4) is 0 Å². The maximum atomic E-state index is 13.7. The molecule has 11 nitrogen and oxygen atoms in total. The highest BCUT2D eigenvalue weighted by Crippen LogP contribution is 2.46. The molecule has 7 rings (SSSR count). The number of carbonyl (C=O) groups is 3. The second-order valence-corrected chi connectivity index (χ2v) is 12.6. The molecule has 2 aliphatic rings. The summed E-state index contributed by atoms with van der Waals surface area (Å²) >= 11 is 1.21. The molecule has 1 saturated heterocycles. The van der Waals surface area contributed by atoms with Gasteiger partial charge in [0.25, 0.3) is 5.91 Å². The normalized spacial score (nSPS) is 15.0. The van der Waals surface area contributed by atoms with Crippen LogP contribution in [0.5, 0.6) is 17.2 Å². The molecule has 2 aromatic heterocycles. The Balaban J connectivity index is 1.09. The summed E-state index contributed by atoms with van der Waals surface area (Å²) in [5.74, 6) is 1.22. The third-order valence-corrected chi connectivity index (χ3v) is 9.50. The highest BCUT2D eigenvalue weighted by atomic mass is 32.1. The van der Waals surface area contributed by atoms with Gasteiger partial charge in [0, 0.05) is 25.3 Å². The molecule has 1 atom stereocenters. The largest absolute Gasteiger partial charge is 0.488 e. The zero-order valence-corrected chi connectivity index (χ0v) is 27.3. The zero-order chi connectivity index (χ0) is 34.1. The summed E-state index contributed by atoms with van der Waals surface area (Å²) in [7, 11) is 0. The van der Waals surface area contributed by atoms with Crippen molar-refractivity contribution in [1.82, 2.24) is 15.2 Å². The molecule has 4 amide bonds. The van der Waals surface area contributed by atoms with E-state index in [1.54, 1.807) is 46.3 Å². The number of amides is 4. The van der Waals surface area contributed by atoms with Gasteiger partial charge in [-0.2, -0.15) is 5.26 Å². The molecule has 0 unspecified atom stereocenters. The van der Waals surface area contributed by atoms with E-state index in [0.717, 1.165) is 11.1 Å². The van der Waals surface area contributed by atoms with Crippen molar-refractivity contribution in [2.24, 2.45) is 0 Å². The zero-order valence-electron chi connectivity index (χ0n) is 26.4. The van der Waals surface area contributed by atoms with Crippen LogP contribution in [0.1, 0.15) is 32.8 Å². The number of rotatable bonds is 9. The lowest BCUT2D eigenvalue weighted by molar-refractivity contribution is -0.125. The first-order valence-electron chi connectivity index (χ1n) is 15.6. The molecular formula is C37H30N6O5S. The van der Waals surface area contributed by atoms with Crippen LogP contribution in [-0.2, 0) is 11.4 Å². The number of hydrogen-bond donors (Lipinski definition) is 2. The Morgan fingerprint density at radius 2 is 1.96 bits per heavy atom. The molecule has 3 aromatic carbocycles. The minimum absolute atomic E-state index is 0.166. The molecular weight excluding hydrogens is 641 g/mol. The van der Waals surface area contributed by atoms with Gasteiger partial charge >= 0.3 is 6.03 Å². The smallest absolute Gasteiger partial charge is 0.331 e. The summed E-state index contributed by atoms with van der Waals surface area (Å²) in [4.78, 5) is 47.8. The van der Waals surface area contributed by atoms with Crippen LogP contribution in [0.2, 0.25) is 0 Å². The van der Waals surface area contributed by atoms with E-state index in [0.29, 0.717) is 74.5 Å². The minimum Gasteiger partial charge on any atom is -0.488 e. The van der Waals surface area contributed by atoms with Crippen molar-refractivity contribution in [1.29, 1.82) is 5.26 Å². The van der Waals surface area contributed by atoms with Gasteiger partial charge < -0.3 is 25.0 Å². The predicted molar refractivity (Wildman–Crippen MR) is 187 cm³/mol. The molecule has 2 aliphatic heterocycles. The standard InChI is InChI=1S/C37H30N6O5S/c1-3-31(44)42-16-14-25(20-42)40-35(45)34-33-32-29(13-15-39-36(32)49-34)43(37(46)41-33)28-12-11-27(17-22(28)2)48-26-9-6-7-23(18-26)21-47-30-10-5-4-8-24(30)19-38/h3-13,15,17-18,25H,1,14,16,20-21H2,2H3,(H,40,45)(H,41,46)/t25-/m1/s1. The van der Waals surface area contributed by atoms with Crippen LogP contribution in [0.4, 0.5) is 21.9 Å². The summed E-state index contributed by atoms with van der Waals surface area (Å²) in [5.41, 5.74) is 3.83. The van der Waals surface area contributed by atoms with E-state index in [1.165, 1.54) is 17.4 Å². The highest BCUT2D eigenvalue weighted by Gasteiger charge is 2.34. The maximum Gasteiger partial charge on any atom is 0.331 e. The number of urea groups is 1. The molecule has 0 saturated carbocycles. The van der Waals surface area contributed by atoms with E-state index in [4.69, 9.17) is 9.47 Å². The average Bonchev–Trinajstić information content (AvgIpc) is 3.73. The van der Waals surface area contributed by atoms with Crippen molar-refractivity contribution in [3.05, 3.63) is 113 Å². The number of nitrogens with zero attached hydrogens (tertiary/aromatic N) is 4. The number of aryl methyl sites for hydroxylation is 1. The van der Waals surface area contributed by atoms with Crippen LogP contribution in [-0.4, -0.2) is 46.9 Å². The third-order valence-electron chi connectivity index (χ3n) is 8.41. The Morgan fingerprint density at radius 1 is 1.12 bits per heavy atom. The van der Waals surface area contributed by atoms with Gasteiger partial charge in [0.2, 0.25) is 5.91 Å². The Hall–Kier alpha value is -6.19. The molecule has 244 valence electrons. The van der Waals surface area contributed by atoms with Crippen molar-refractivity contribution in [2.75, 3.05) is 23.3 Å². The second-order valence-electron chi connectivity index (χ2n) is 11.6. The third kappa shape index (κ3) is 6.15. The van der Waals surface area contributed by atoms with Gasteiger partial charge in [-0.25, -0.2) is 9.78 Å². The van der Waals surface area contributed by atoms with Crippen LogP contribution >= 0.6 is 11.3 Å². The van der Waals surface area contributed by atoms with E-state index >= 15 is 0 Å². The predicted octanol–water partition coefficient (Wildman–Crippen LogP) is 7.05. The molecule has 0 radical (unpaired) electrons. The van der Waals surface area contributed by atoms with Gasteiger partial charge in [-0.3, -0.25) is 14.5 Å². The topological polar surface area (TPSA) is 137 Å². The summed E-state index contributed by atoms with van der Waals surface area (Å²) in [5, 5.41) is 16.0. The maximum absolute atomic E-state index is 13.7. The first-order valence-corrected chi connectivity index (χ1v) is 16.4. The Kier molecular flexibility index (Phi) is 8.42. The molecule has 49 heavy (non-hydrogen) atoms. The van der Waals surface area contributed by atoms with E-state index < -0.39 is 6.03 Å². The second kappa shape index (κ2) is 13.1. The van der Waals surface area contributed by atoms with Gasteiger partial charge in [0.1, 0.15) is 39.6 Å². The molecule has 1 fully saturated rings. The molecule has 12 heteroatoms. The number of nitriles is 1. The van der Waals surface area contributed by atoms with Crippen molar-refractivity contribution < 1.29 is 23.9 Å². The fourth-order valence-corrected chi connectivity index (χ4v) is 7.09. The molecule has 0 spiro atoms. The summed E-state index contributed by atoms with van der Waals surface area (Å²) in [6, 6.07) is 23.4. The lowest BCUT2D eigenvalue weighted by atomic mass is 10.1. The molecule has 0 aliphatic carbocycles. The van der Waals surface area contributed by atoms with Crippen LogP contribution in [0.25, 0.3) is 10.2 Å². The Labute approximate surface area is 286 Å². The van der Waals surface area contributed by atoms with E-state index in [9.17, 15) is 19.6 Å². The lowest BCUT2D eigenvalue weighted by Crippen LogP contribution is -2.39. The van der Waals surface area contributed by atoms with Crippen molar-refractivity contribution in [2.45, 2.75) is 26.0 Å². The number of aromatic nitrogens is 1. The quantitative estimate of drug-likeness (QED) is 0.160. The fourth-order valence-electron chi connectivity index (χ4n) is 6.06. The van der Waals surface area contributed by atoms with Crippen molar-refractivity contribution >= 4 is 56.5 Å². The number of para-hydroxylation sites is 1. The Bertz CT molecular complexity index is 2190. The van der Waals surface area contributed by atoms with Crippen LogP contribution in [0, 0.1) is 18.3 Å². The van der Waals surface area contributed by atoms with E-state index in [1.807, 2.05) is 49.4 Å². The van der Waals surface area contributed by atoms with Crippen molar-refractivity contribution in [3.8, 4) is 23.3 Å². The monoisotopic (exact) mass is 670 g/mol. The number of ether oxygens (including phenoxy) is 2. The molecule has 5 aromatic rings. The molecule has 2 N–H and O–H groups in total. The summed E-state index contributed by atoms with van der Waals surface area (Å²) in [6.07, 6.45) is 3.53. The highest BCUT2D eigenvalue weighted by molar-refractivity contribution is 7.21. The molecule has 0 bridgehead atoms. The first kappa shape index (κ1) is 31.4. The van der Waals surface area contributed by atoms with Crippen LogP contribution < -0.4 is 25.0 Å². The minimum atomic E-state index is -0.404. The van der Waals surface area contributed by atoms with Gasteiger partial charge in [0.15, 0.2) is 0 Å². The van der Waals surface area contributed by atoms with Gasteiger partial charge in [-0.05, 0) is 79.1 Å². The van der Waals surface area contributed by atoms with E-state index in [2.05, 4.69) is 28.3 Å². The fraction of sp³-hybridized carbons (Fsp3) is 0.162. The number of anilines is 3. The number of likely N-dealkylation sites (tertiary alicyclic amines) is 1. The number of carbonyl (C=O) groups excluding carboxylic acids is 3. The summed E-state index contributed by atoms with van der Waals surface area (Å²) < 4.78 is 12.1. The van der Waals surface area contributed by atoms with Crippen molar-refractivity contribution in [3.63, 3.8) is 0 Å². The van der Waals surface area contributed by atoms with Gasteiger partial charge in [0.05, 0.1) is 28.0 Å². The number of benzene rings is 3. The SMILES string of the molecule is C=CC(=O)N1CC[C@@H](NC(=O)c2sc3nccc4c3c2NC(=O)N4c2ccc(Oc3cccc(COc4ccccc4C#N)c3)cc2C)C1. The number of thiophene rings is 1. The number of hydrogen-bond acceptors (Lipinski definition) is 8. The first-order chi connectivity index (χ1) is 23.8. The van der Waals surface area contributed by atoms with E-state index in [-0.39, 0.29) is 24.5 Å². The average molecular weight is 671 g/mol. The van der Waals surface area contributed by atoms with Gasteiger partial charge in [-0.1, -0.05) is 30.8 Å². The number of pyridine rings is 1. The van der Waals surface area contributed by atoms with Crippen LogP contribution in [0.15, 0.2) is 91.6 Å². The lowest BCUT2D eigenvalue weighted by Gasteiger charge is -2.29. The molecule has 4 heterocycles. The number of nitrogens with one attached hydrogen (secondary N) is 2. The Morgan fingerprint density at radius 3 is 2.78 bits per heavy atom. The summed E-state index contributed by atoms with van der Waals surface area (Å²) in [6.45, 7) is 6.64.